The Kier molecular flexibility index (Phi) is 3.58. The minimum atomic E-state index is -0.00378. The van der Waals surface area contributed by atoms with Crippen molar-refractivity contribution in [3.63, 3.8) is 0 Å². The number of hydrogen-bond acceptors (Lipinski definition) is 4. The molecule has 1 amide bonds. The molecular formula is C15H16N4O. The van der Waals surface area contributed by atoms with Gasteiger partial charge in [-0.25, -0.2) is 4.98 Å². The summed E-state index contributed by atoms with van der Waals surface area (Å²) in [6, 6.07) is 11.4. The van der Waals surface area contributed by atoms with Crippen LogP contribution in [0.3, 0.4) is 0 Å². The van der Waals surface area contributed by atoms with Crippen LogP contribution >= 0.6 is 0 Å². The van der Waals surface area contributed by atoms with Gasteiger partial charge < -0.3 is 10.2 Å². The van der Waals surface area contributed by atoms with Crippen LogP contribution in [0.1, 0.15) is 16.9 Å². The molecule has 0 radical (unpaired) electrons. The molecule has 0 aromatic carbocycles. The second-order valence-corrected chi connectivity index (χ2v) is 4.81. The van der Waals surface area contributed by atoms with E-state index in [0.29, 0.717) is 12.2 Å². The smallest absolute Gasteiger partial charge is 0.272 e. The standard InChI is InChI=1S/C15H16N4O/c20-15(13-5-1-3-8-16-13)19-10-7-12(11-19)18-14-6-2-4-9-17-14/h1-6,8-9,12H,7,10-11H2,(H,17,18). The molecule has 1 atom stereocenters. The Morgan fingerprint density at radius 2 is 1.95 bits per heavy atom. The summed E-state index contributed by atoms with van der Waals surface area (Å²) in [5.74, 6) is 0.848. The highest BCUT2D eigenvalue weighted by Crippen LogP contribution is 2.16. The molecule has 20 heavy (non-hydrogen) atoms. The second kappa shape index (κ2) is 5.69. The van der Waals surface area contributed by atoms with Gasteiger partial charge in [0.1, 0.15) is 11.5 Å². The van der Waals surface area contributed by atoms with Gasteiger partial charge in [-0.15, -0.1) is 0 Å². The van der Waals surface area contributed by atoms with Gasteiger partial charge in [0.25, 0.3) is 5.91 Å². The third-order valence-corrected chi connectivity index (χ3v) is 3.38. The lowest BCUT2D eigenvalue weighted by atomic mass is 10.2. The highest BCUT2D eigenvalue weighted by atomic mass is 16.2. The Bertz CT molecular complexity index is 573. The van der Waals surface area contributed by atoms with Crippen LogP contribution in [-0.4, -0.2) is 39.9 Å². The van der Waals surface area contributed by atoms with Gasteiger partial charge in [-0.05, 0) is 30.7 Å². The van der Waals surface area contributed by atoms with Crippen LogP contribution in [0.4, 0.5) is 5.82 Å². The van der Waals surface area contributed by atoms with E-state index in [1.165, 1.54) is 0 Å². The van der Waals surface area contributed by atoms with Gasteiger partial charge in [-0.2, -0.15) is 0 Å². The topological polar surface area (TPSA) is 58.1 Å². The first-order chi connectivity index (χ1) is 9.83. The molecule has 5 heteroatoms. The van der Waals surface area contributed by atoms with Crippen molar-refractivity contribution in [2.75, 3.05) is 18.4 Å². The highest BCUT2D eigenvalue weighted by Gasteiger charge is 2.27. The van der Waals surface area contributed by atoms with Crippen LogP contribution in [-0.2, 0) is 0 Å². The van der Waals surface area contributed by atoms with Crippen molar-refractivity contribution in [3.8, 4) is 0 Å². The van der Waals surface area contributed by atoms with Gasteiger partial charge in [0.15, 0.2) is 0 Å². The summed E-state index contributed by atoms with van der Waals surface area (Å²) < 4.78 is 0. The van der Waals surface area contributed by atoms with E-state index < -0.39 is 0 Å². The molecule has 3 rings (SSSR count). The fourth-order valence-corrected chi connectivity index (χ4v) is 2.37. The summed E-state index contributed by atoms with van der Waals surface area (Å²) in [5, 5.41) is 3.35. The van der Waals surface area contributed by atoms with Crippen LogP contribution in [0.5, 0.6) is 0 Å². The van der Waals surface area contributed by atoms with Gasteiger partial charge in [0.2, 0.25) is 0 Å². The number of anilines is 1. The van der Waals surface area contributed by atoms with E-state index in [4.69, 9.17) is 0 Å². The molecule has 2 aromatic rings. The van der Waals surface area contributed by atoms with Crippen LogP contribution < -0.4 is 5.32 Å². The molecule has 0 saturated carbocycles. The van der Waals surface area contributed by atoms with Gasteiger partial charge in [-0.1, -0.05) is 12.1 Å². The number of hydrogen-bond donors (Lipinski definition) is 1. The van der Waals surface area contributed by atoms with Gasteiger partial charge in [0, 0.05) is 31.5 Å². The molecule has 0 aliphatic carbocycles. The highest BCUT2D eigenvalue weighted by molar-refractivity contribution is 5.92. The maximum Gasteiger partial charge on any atom is 0.272 e. The average Bonchev–Trinajstić information content (AvgIpc) is 2.97. The number of likely N-dealkylation sites (tertiary alicyclic amines) is 1. The number of nitrogens with one attached hydrogen (secondary N) is 1. The first kappa shape index (κ1) is 12.6. The van der Waals surface area contributed by atoms with Crippen LogP contribution in [0.2, 0.25) is 0 Å². The normalized spacial score (nSPS) is 18.0. The Morgan fingerprint density at radius 3 is 2.65 bits per heavy atom. The molecular weight excluding hydrogens is 252 g/mol. The van der Waals surface area contributed by atoms with Crippen LogP contribution in [0.15, 0.2) is 48.8 Å². The number of carbonyl (C=O) groups excluding carboxylic acids is 1. The summed E-state index contributed by atoms with van der Waals surface area (Å²) in [6.07, 6.45) is 4.33. The van der Waals surface area contributed by atoms with Gasteiger partial charge >= 0.3 is 0 Å². The summed E-state index contributed by atoms with van der Waals surface area (Å²) in [5.41, 5.74) is 0.506. The minimum Gasteiger partial charge on any atom is -0.365 e. The van der Waals surface area contributed by atoms with Crippen molar-refractivity contribution in [1.82, 2.24) is 14.9 Å². The molecule has 1 unspecified atom stereocenters. The first-order valence-corrected chi connectivity index (χ1v) is 6.71. The Hall–Kier alpha value is -2.43. The van der Waals surface area contributed by atoms with Crippen molar-refractivity contribution in [1.29, 1.82) is 0 Å². The summed E-state index contributed by atoms with van der Waals surface area (Å²) >= 11 is 0. The Balaban J connectivity index is 1.61. The molecule has 1 N–H and O–H groups in total. The molecule has 0 bridgehead atoms. The number of amides is 1. The number of pyridine rings is 2. The third-order valence-electron chi connectivity index (χ3n) is 3.38. The Labute approximate surface area is 117 Å². The molecule has 2 aromatic heterocycles. The molecule has 1 aliphatic heterocycles. The van der Waals surface area contributed by atoms with Gasteiger partial charge in [0.05, 0.1) is 0 Å². The fraction of sp³-hybridized carbons (Fsp3) is 0.267. The maximum absolute atomic E-state index is 12.3. The van der Waals surface area contributed by atoms with E-state index in [1.54, 1.807) is 18.5 Å². The number of carbonyl (C=O) groups is 1. The summed E-state index contributed by atoms with van der Waals surface area (Å²) in [4.78, 5) is 22.5. The predicted molar refractivity (Wildman–Crippen MR) is 76.4 cm³/mol. The number of nitrogens with zero attached hydrogens (tertiary/aromatic N) is 3. The minimum absolute atomic E-state index is 0.00378. The molecule has 5 nitrogen and oxygen atoms in total. The number of rotatable bonds is 3. The lowest BCUT2D eigenvalue weighted by Gasteiger charge is -2.16. The predicted octanol–water partition coefficient (Wildman–Crippen LogP) is 1.80. The maximum atomic E-state index is 12.3. The first-order valence-electron chi connectivity index (χ1n) is 6.71. The van der Waals surface area contributed by atoms with E-state index in [1.807, 2.05) is 35.2 Å². The molecule has 0 spiro atoms. The fourth-order valence-electron chi connectivity index (χ4n) is 2.37. The van der Waals surface area contributed by atoms with Gasteiger partial charge in [-0.3, -0.25) is 9.78 Å². The average molecular weight is 268 g/mol. The zero-order valence-corrected chi connectivity index (χ0v) is 11.1. The number of aromatic nitrogens is 2. The molecule has 1 aliphatic rings. The SMILES string of the molecule is O=C(c1ccccn1)N1CCC(Nc2ccccn2)C1. The van der Waals surface area contributed by atoms with Crippen LogP contribution in [0, 0.1) is 0 Å². The monoisotopic (exact) mass is 268 g/mol. The third kappa shape index (κ3) is 2.77. The summed E-state index contributed by atoms with van der Waals surface area (Å²) in [6.45, 7) is 1.44. The largest absolute Gasteiger partial charge is 0.365 e. The lowest BCUT2D eigenvalue weighted by molar-refractivity contribution is 0.0786. The van der Waals surface area contributed by atoms with Crippen molar-refractivity contribution in [2.45, 2.75) is 12.5 Å². The van der Waals surface area contributed by atoms with Crippen molar-refractivity contribution in [3.05, 3.63) is 54.5 Å². The lowest BCUT2D eigenvalue weighted by Crippen LogP contribution is -2.32. The second-order valence-electron chi connectivity index (χ2n) is 4.81. The van der Waals surface area contributed by atoms with Crippen molar-refractivity contribution >= 4 is 11.7 Å². The summed E-state index contributed by atoms with van der Waals surface area (Å²) in [7, 11) is 0. The zero-order valence-electron chi connectivity index (χ0n) is 11.1. The van der Waals surface area contributed by atoms with E-state index in [9.17, 15) is 4.79 Å². The molecule has 3 heterocycles. The van der Waals surface area contributed by atoms with E-state index in [-0.39, 0.29) is 11.9 Å². The Morgan fingerprint density at radius 1 is 1.15 bits per heavy atom. The zero-order chi connectivity index (χ0) is 13.8. The van der Waals surface area contributed by atoms with Crippen molar-refractivity contribution in [2.24, 2.45) is 0 Å². The van der Waals surface area contributed by atoms with E-state index in [2.05, 4.69) is 15.3 Å². The van der Waals surface area contributed by atoms with Crippen molar-refractivity contribution < 1.29 is 4.79 Å². The van der Waals surface area contributed by atoms with Crippen LogP contribution in [0.25, 0.3) is 0 Å². The molecule has 1 fully saturated rings. The molecule has 1 saturated heterocycles. The van der Waals surface area contributed by atoms with E-state index >= 15 is 0 Å². The quantitative estimate of drug-likeness (QED) is 0.922. The molecule has 102 valence electrons. The van der Waals surface area contributed by atoms with E-state index in [0.717, 1.165) is 18.8 Å².